The summed E-state index contributed by atoms with van der Waals surface area (Å²) < 4.78 is 22.2. The van der Waals surface area contributed by atoms with E-state index in [-0.39, 0.29) is 81.4 Å². The molecular formula is C20H26Na2O4P+. The Balaban J connectivity index is 0.00000338. The molecule has 136 valence electrons. The molecule has 0 saturated carbocycles. The van der Waals surface area contributed by atoms with Crippen molar-refractivity contribution in [1.29, 1.82) is 0 Å². The molecule has 0 spiro atoms. The zero-order valence-corrected chi connectivity index (χ0v) is 22.6. The summed E-state index contributed by atoms with van der Waals surface area (Å²) in [5, 5.41) is 0. The van der Waals surface area contributed by atoms with Gasteiger partial charge in [0.1, 0.15) is 11.5 Å². The van der Waals surface area contributed by atoms with Gasteiger partial charge < -0.3 is 13.9 Å². The van der Waals surface area contributed by atoms with E-state index < -0.39 is 7.82 Å². The fraction of sp³-hybridized carbons (Fsp3) is 0.400. The molecule has 0 atom stereocenters. The molecule has 0 unspecified atom stereocenters. The summed E-state index contributed by atoms with van der Waals surface area (Å²) in [6.45, 7) is 12.5. The van der Waals surface area contributed by atoms with E-state index in [1.807, 2.05) is 24.3 Å². The van der Waals surface area contributed by atoms with Crippen LogP contribution in [0.5, 0.6) is 11.5 Å². The summed E-state index contributed by atoms with van der Waals surface area (Å²) >= 11 is 0. The van der Waals surface area contributed by atoms with Gasteiger partial charge in [0.15, 0.2) is 0 Å². The van der Waals surface area contributed by atoms with Gasteiger partial charge in [-0.25, -0.2) is 4.57 Å². The average molecular weight is 407 g/mol. The van der Waals surface area contributed by atoms with Crippen LogP contribution >= 0.6 is 7.82 Å². The molecule has 2 rings (SSSR count). The van der Waals surface area contributed by atoms with Crippen LogP contribution in [-0.4, -0.2) is 0 Å². The molecule has 2 aromatic carbocycles. The van der Waals surface area contributed by atoms with Crippen molar-refractivity contribution in [2.24, 2.45) is 0 Å². The molecule has 0 aromatic heterocycles. The SMILES string of the molecule is CC(C)(C)c1ccc(OP(=O)([O-])Oc2ccc(C(C)(C)C)cc2)cc1.[Na+].[Na+]. The zero-order chi connectivity index (χ0) is 18.9. The van der Waals surface area contributed by atoms with Gasteiger partial charge in [-0.2, -0.15) is 0 Å². The third-order valence-electron chi connectivity index (χ3n) is 3.88. The molecule has 0 aliphatic carbocycles. The first-order chi connectivity index (χ1) is 11.4. The number of rotatable bonds is 4. The molecule has 4 nitrogen and oxygen atoms in total. The molecule has 0 bridgehead atoms. The Bertz CT molecular complexity index is 697. The van der Waals surface area contributed by atoms with Crippen molar-refractivity contribution >= 4 is 7.82 Å². The van der Waals surface area contributed by atoms with E-state index in [9.17, 15) is 9.46 Å². The Morgan fingerprint density at radius 3 is 1.15 bits per heavy atom. The summed E-state index contributed by atoms with van der Waals surface area (Å²) in [5.41, 5.74) is 2.18. The third-order valence-corrected chi connectivity index (χ3v) is 4.74. The van der Waals surface area contributed by atoms with Crippen molar-refractivity contribution in [1.82, 2.24) is 0 Å². The largest absolute Gasteiger partial charge is 1.00 e. The number of hydrogen-bond acceptors (Lipinski definition) is 4. The van der Waals surface area contributed by atoms with E-state index in [2.05, 4.69) is 41.5 Å². The maximum absolute atomic E-state index is 12.1. The Morgan fingerprint density at radius 2 is 0.926 bits per heavy atom. The van der Waals surface area contributed by atoms with Gasteiger partial charge in [0, 0.05) is 0 Å². The van der Waals surface area contributed by atoms with Gasteiger partial charge in [0.2, 0.25) is 0 Å². The minimum absolute atomic E-state index is 0. The van der Waals surface area contributed by atoms with Crippen LogP contribution in [-0.2, 0) is 15.4 Å². The number of phosphoric acid groups is 1. The Kier molecular flexibility index (Phi) is 10.4. The van der Waals surface area contributed by atoms with E-state index in [1.165, 1.54) is 0 Å². The van der Waals surface area contributed by atoms with Crippen molar-refractivity contribution < 1.29 is 77.6 Å². The van der Waals surface area contributed by atoms with Crippen LogP contribution in [0.25, 0.3) is 0 Å². The van der Waals surface area contributed by atoms with Crippen molar-refractivity contribution in [3.63, 3.8) is 0 Å². The second kappa shape index (κ2) is 10.3. The first-order valence-corrected chi connectivity index (χ1v) is 9.74. The van der Waals surface area contributed by atoms with Crippen molar-refractivity contribution in [3.8, 4) is 11.5 Å². The standard InChI is InChI=1S/C20H27O4P.2Na/c1-19(2,3)15-7-11-17(12-8-15)23-25(21,22)24-18-13-9-16(10-14-18)20(4,5)6;;/h7-14H,1-6H3,(H,21,22);;/q;2*+1/p-1. The normalized spacial score (nSPS) is 11.8. The second-order valence-electron chi connectivity index (χ2n) is 8.18. The summed E-state index contributed by atoms with van der Waals surface area (Å²) in [6.07, 6.45) is 0. The fourth-order valence-electron chi connectivity index (χ4n) is 2.31. The molecule has 2 aromatic rings. The molecule has 0 saturated heterocycles. The monoisotopic (exact) mass is 407 g/mol. The second-order valence-corrected chi connectivity index (χ2v) is 9.44. The number of phosphoric ester groups is 1. The van der Waals surface area contributed by atoms with Gasteiger partial charge in [-0.05, 0) is 46.2 Å². The molecule has 0 aliphatic heterocycles. The molecule has 0 aliphatic rings. The molecule has 0 radical (unpaired) electrons. The zero-order valence-electron chi connectivity index (χ0n) is 17.7. The van der Waals surface area contributed by atoms with Gasteiger partial charge in [0.25, 0.3) is 0 Å². The molecule has 0 N–H and O–H groups in total. The summed E-state index contributed by atoms with van der Waals surface area (Å²) in [5.74, 6) is 0.468. The predicted octanol–water partition coefficient (Wildman–Crippen LogP) is -0.784. The first-order valence-electron chi connectivity index (χ1n) is 8.28. The van der Waals surface area contributed by atoms with E-state index in [1.54, 1.807) is 24.3 Å². The third kappa shape index (κ3) is 8.64. The topological polar surface area (TPSA) is 58.6 Å². The van der Waals surface area contributed by atoms with Crippen molar-refractivity contribution in [2.75, 3.05) is 0 Å². The van der Waals surface area contributed by atoms with E-state index in [4.69, 9.17) is 9.05 Å². The van der Waals surface area contributed by atoms with E-state index >= 15 is 0 Å². The van der Waals surface area contributed by atoms with Crippen LogP contribution < -0.4 is 73.1 Å². The van der Waals surface area contributed by atoms with Crippen LogP contribution in [0.15, 0.2) is 48.5 Å². The van der Waals surface area contributed by atoms with Gasteiger partial charge in [-0.15, -0.1) is 0 Å². The van der Waals surface area contributed by atoms with Crippen LogP contribution in [0.1, 0.15) is 52.7 Å². The molecule has 0 fully saturated rings. The minimum atomic E-state index is -4.50. The molecule has 0 amide bonds. The maximum atomic E-state index is 12.1. The molecule has 27 heavy (non-hydrogen) atoms. The summed E-state index contributed by atoms with van der Waals surface area (Å²) in [7, 11) is -4.50. The Morgan fingerprint density at radius 1 is 0.667 bits per heavy atom. The number of benzene rings is 2. The average Bonchev–Trinajstić information content (AvgIpc) is 2.45. The van der Waals surface area contributed by atoms with Crippen molar-refractivity contribution in [3.05, 3.63) is 59.7 Å². The van der Waals surface area contributed by atoms with Gasteiger partial charge in [0.05, 0.1) is 0 Å². The smallest absolute Gasteiger partial charge is 0.736 e. The number of hydrogen-bond donors (Lipinski definition) is 0. The molecule has 0 heterocycles. The Hall–Kier alpha value is 0.230. The van der Waals surface area contributed by atoms with Crippen LogP contribution in [0.3, 0.4) is 0 Å². The summed E-state index contributed by atoms with van der Waals surface area (Å²) in [4.78, 5) is 12.1. The van der Waals surface area contributed by atoms with Gasteiger partial charge in [-0.3, -0.25) is 0 Å². The fourth-order valence-corrected chi connectivity index (χ4v) is 3.11. The van der Waals surface area contributed by atoms with Crippen LogP contribution in [0.2, 0.25) is 0 Å². The van der Waals surface area contributed by atoms with Crippen molar-refractivity contribution in [2.45, 2.75) is 52.4 Å². The summed E-state index contributed by atoms with van der Waals surface area (Å²) in [6, 6.07) is 14.0. The van der Waals surface area contributed by atoms with Gasteiger partial charge in [-0.1, -0.05) is 65.8 Å². The first kappa shape index (κ1) is 27.2. The minimum Gasteiger partial charge on any atom is -0.736 e. The maximum Gasteiger partial charge on any atom is 1.00 e. The quantitative estimate of drug-likeness (QED) is 0.493. The van der Waals surface area contributed by atoms with Gasteiger partial charge >= 0.3 is 66.9 Å². The molecule has 7 heteroatoms. The van der Waals surface area contributed by atoms with Crippen LogP contribution in [0, 0.1) is 0 Å². The Labute approximate surface area is 207 Å². The molecular weight excluding hydrogens is 381 g/mol. The van der Waals surface area contributed by atoms with Crippen LogP contribution in [0.4, 0.5) is 0 Å². The van der Waals surface area contributed by atoms with E-state index in [0.717, 1.165) is 11.1 Å². The van der Waals surface area contributed by atoms with E-state index in [0.29, 0.717) is 0 Å². The predicted molar refractivity (Wildman–Crippen MR) is 99.1 cm³/mol.